The van der Waals surface area contributed by atoms with Gasteiger partial charge in [0.25, 0.3) is 0 Å². The Bertz CT molecular complexity index is 449. The second-order valence-corrected chi connectivity index (χ2v) is 3.66. The van der Waals surface area contributed by atoms with Gasteiger partial charge in [0.15, 0.2) is 0 Å². The lowest BCUT2D eigenvalue weighted by atomic mass is 10.2. The Kier molecular flexibility index (Phi) is 5.11. The minimum absolute atomic E-state index is 0.0328. The van der Waals surface area contributed by atoms with Crippen LogP contribution in [0, 0.1) is 5.41 Å². The van der Waals surface area contributed by atoms with E-state index in [0.29, 0.717) is 13.0 Å². The molecule has 0 bridgehead atoms. The van der Waals surface area contributed by atoms with Crippen molar-refractivity contribution >= 4 is 5.84 Å². The summed E-state index contributed by atoms with van der Waals surface area (Å²) in [5.41, 5.74) is 4.21. The molecule has 3 N–H and O–H groups in total. The number of nitrogens with zero attached hydrogens (tertiary/aromatic N) is 1. The maximum Gasteiger partial charge on any atom is 0.433 e. The summed E-state index contributed by atoms with van der Waals surface area (Å²) in [6, 6.07) is 1.84. The van der Waals surface area contributed by atoms with Crippen LogP contribution in [0.15, 0.2) is 12.1 Å². The van der Waals surface area contributed by atoms with Crippen LogP contribution in [0.3, 0.4) is 0 Å². The number of hydrogen-bond acceptors (Lipinski definition) is 4. The Morgan fingerprint density at radius 2 is 2.05 bits per heavy atom. The van der Waals surface area contributed by atoms with Crippen molar-refractivity contribution < 1.29 is 22.6 Å². The summed E-state index contributed by atoms with van der Waals surface area (Å²) >= 11 is 0. The number of nitrogens with one attached hydrogen (secondary N) is 1. The molecule has 5 nitrogen and oxygen atoms in total. The first-order valence-electron chi connectivity index (χ1n) is 5.40. The van der Waals surface area contributed by atoms with Crippen molar-refractivity contribution in [3.8, 4) is 5.88 Å². The molecule has 106 valence electrons. The summed E-state index contributed by atoms with van der Waals surface area (Å²) in [6.45, 7) is 0.538. The minimum Gasteiger partial charge on any atom is -0.477 e. The smallest absolute Gasteiger partial charge is 0.433 e. The van der Waals surface area contributed by atoms with Gasteiger partial charge in [0.2, 0.25) is 5.88 Å². The highest BCUT2D eigenvalue weighted by atomic mass is 19.4. The number of ether oxygens (including phenoxy) is 2. The summed E-state index contributed by atoms with van der Waals surface area (Å²) < 4.78 is 47.5. The lowest BCUT2D eigenvalue weighted by Crippen LogP contribution is -2.17. The van der Waals surface area contributed by atoms with Crippen molar-refractivity contribution in [1.82, 2.24) is 4.98 Å². The van der Waals surface area contributed by atoms with E-state index in [1.165, 1.54) is 7.11 Å². The lowest BCUT2D eigenvalue weighted by Gasteiger charge is -2.12. The number of nitrogen functional groups attached to an aromatic ring is 1. The second-order valence-electron chi connectivity index (χ2n) is 3.66. The van der Waals surface area contributed by atoms with Gasteiger partial charge in [-0.1, -0.05) is 0 Å². The molecule has 0 aliphatic heterocycles. The van der Waals surface area contributed by atoms with Gasteiger partial charge in [-0.2, -0.15) is 13.2 Å². The normalized spacial score (nSPS) is 11.4. The zero-order valence-corrected chi connectivity index (χ0v) is 10.3. The van der Waals surface area contributed by atoms with Gasteiger partial charge in [-0.3, -0.25) is 5.41 Å². The molecular formula is C11H14F3N3O2. The first-order valence-corrected chi connectivity index (χ1v) is 5.40. The molecule has 0 aromatic carbocycles. The molecule has 8 heteroatoms. The molecule has 0 radical (unpaired) electrons. The molecule has 1 heterocycles. The van der Waals surface area contributed by atoms with Crippen LogP contribution in [0.2, 0.25) is 0 Å². The van der Waals surface area contributed by atoms with Crippen LogP contribution in [0.25, 0.3) is 0 Å². The minimum atomic E-state index is -4.57. The maximum absolute atomic E-state index is 12.5. The van der Waals surface area contributed by atoms with Crippen LogP contribution in [-0.4, -0.2) is 31.1 Å². The Hall–Kier alpha value is -1.83. The average Bonchev–Trinajstić information content (AvgIpc) is 2.33. The SMILES string of the molecule is COCCCOc1nc(C(F)(F)F)ccc1C(=N)N. The van der Waals surface area contributed by atoms with Gasteiger partial charge in [0, 0.05) is 20.1 Å². The molecule has 1 aromatic rings. The van der Waals surface area contributed by atoms with E-state index < -0.39 is 17.7 Å². The highest BCUT2D eigenvalue weighted by Crippen LogP contribution is 2.30. The van der Waals surface area contributed by atoms with Crippen molar-refractivity contribution in [1.29, 1.82) is 5.41 Å². The zero-order chi connectivity index (χ0) is 14.5. The van der Waals surface area contributed by atoms with E-state index >= 15 is 0 Å². The maximum atomic E-state index is 12.5. The van der Waals surface area contributed by atoms with Crippen molar-refractivity contribution in [3.05, 3.63) is 23.4 Å². The van der Waals surface area contributed by atoms with E-state index in [9.17, 15) is 13.2 Å². The number of methoxy groups -OCH3 is 1. The van der Waals surface area contributed by atoms with Gasteiger partial charge in [0.1, 0.15) is 11.5 Å². The van der Waals surface area contributed by atoms with Gasteiger partial charge in [-0.15, -0.1) is 0 Å². The Balaban J connectivity index is 2.93. The number of rotatable bonds is 6. The lowest BCUT2D eigenvalue weighted by molar-refractivity contribution is -0.141. The Morgan fingerprint density at radius 1 is 1.37 bits per heavy atom. The summed E-state index contributed by atoms with van der Waals surface area (Å²) in [4.78, 5) is 3.35. The molecule has 1 rings (SSSR count). The van der Waals surface area contributed by atoms with E-state index in [4.69, 9.17) is 20.6 Å². The van der Waals surface area contributed by atoms with E-state index in [0.717, 1.165) is 12.1 Å². The Morgan fingerprint density at radius 3 is 2.58 bits per heavy atom. The van der Waals surface area contributed by atoms with Crippen molar-refractivity contribution in [2.45, 2.75) is 12.6 Å². The molecular weight excluding hydrogens is 263 g/mol. The molecule has 19 heavy (non-hydrogen) atoms. The molecule has 0 saturated heterocycles. The standard InChI is InChI=1S/C11H14F3N3O2/c1-18-5-2-6-19-10-7(9(15)16)3-4-8(17-10)11(12,13)14/h3-4H,2,5-6H2,1H3,(H3,15,16). The van der Waals surface area contributed by atoms with Gasteiger partial charge < -0.3 is 15.2 Å². The number of halogens is 3. The van der Waals surface area contributed by atoms with Crippen LogP contribution in [0.5, 0.6) is 5.88 Å². The molecule has 0 atom stereocenters. The summed E-state index contributed by atoms with van der Waals surface area (Å²) in [6.07, 6.45) is -4.08. The fraction of sp³-hybridized carbons (Fsp3) is 0.455. The van der Waals surface area contributed by atoms with Gasteiger partial charge in [0.05, 0.1) is 12.2 Å². The second kappa shape index (κ2) is 6.37. The van der Waals surface area contributed by atoms with Crippen molar-refractivity contribution in [2.24, 2.45) is 5.73 Å². The fourth-order valence-corrected chi connectivity index (χ4v) is 1.29. The highest BCUT2D eigenvalue weighted by Gasteiger charge is 2.33. The van der Waals surface area contributed by atoms with Gasteiger partial charge in [-0.05, 0) is 12.1 Å². The number of alkyl halides is 3. The molecule has 0 amide bonds. The van der Waals surface area contributed by atoms with E-state index in [1.807, 2.05) is 0 Å². The average molecular weight is 277 g/mol. The summed E-state index contributed by atoms with van der Waals surface area (Å²) in [7, 11) is 1.50. The molecule has 0 fully saturated rings. The number of pyridine rings is 1. The Labute approximate surface area is 108 Å². The third-order valence-corrected chi connectivity index (χ3v) is 2.17. The van der Waals surface area contributed by atoms with Crippen molar-refractivity contribution in [3.63, 3.8) is 0 Å². The zero-order valence-electron chi connectivity index (χ0n) is 10.3. The molecule has 0 aliphatic carbocycles. The number of nitrogens with two attached hydrogens (primary N) is 1. The molecule has 0 aliphatic rings. The first kappa shape index (κ1) is 15.2. The third kappa shape index (κ3) is 4.40. The largest absolute Gasteiger partial charge is 0.477 e. The van der Waals surface area contributed by atoms with Crippen LogP contribution in [-0.2, 0) is 10.9 Å². The highest BCUT2D eigenvalue weighted by molar-refractivity contribution is 5.97. The predicted octanol–water partition coefficient (Wildman–Crippen LogP) is 1.80. The van der Waals surface area contributed by atoms with Gasteiger partial charge in [-0.25, -0.2) is 4.98 Å². The quantitative estimate of drug-likeness (QED) is 0.472. The van der Waals surface area contributed by atoms with E-state index in [-0.39, 0.29) is 18.1 Å². The molecule has 0 spiro atoms. The molecule has 1 aromatic heterocycles. The van der Waals surface area contributed by atoms with Crippen LogP contribution in [0.1, 0.15) is 17.7 Å². The topological polar surface area (TPSA) is 81.2 Å². The first-order chi connectivity index (χ1) is 8.86. The van der Waals surface area contributed by atoms with E-state index in [1.54, 1.807) is 0 Å². The third-order valence-electron chi connectivity index (χ3n) is 2.17. The fourth-order valence-electron chi connectivity index (χ4n) is 1.29. The van der Waals surface area contributed by atoms with E-state index in [2.05, 4.69) is 4.98 Å². The summed E-state index contributed by atoms with van der Waals surface area (Å²) in [5.74, 6) is -0.693. The monoisotopic (exact) mass is 277 g/mol. The summed E-state index contributed by atoms with van der Waals surface area (Å²) in [5, 5.41) is 7.27. The molecule has 0 unspecified atom stereocenters. The predicted molar refractivity (Wildman–Crippen MR) is 62.2 cm³/mol. The van der Waals surface area contributed by atoms with Crippen LogP contribution in [0.4, 0.5) is 13.2 Å². The van der Waals surface area contributed by atoms with Crippen LogP contribution < -0.4 is 10.5 Å². The van der Waals surface area contributed by atoms with Crippen LogP contribution >= 0.6 is 0 Å². The van der Waals surface area contributed by atoms with Gasteiger partial charge >= 0.3 is 6.18 Å². The number of hydrogen-bond donors (Lipinski definition) is 2. The molecule has 0 saturated carbocycles. The number of amidine groups is 1. The van der Waals surface area contributed by atoms with Crippen molar-refractivity contribution in [2.75, 3.05) is 20.3 Å². The number of aromatic nitrogens is 1.